The molecule has 27 heavy (non-hydrogen) atoms. The lowest BCUT2D eigenvalue weighted by molar-refractivity contribution is -0.143. The highest BCUT2D eigenvalue weighted by molar-refractivity contribution is 6.30. The predicted molar refractivity (Wildman–Crippen MR) is 94.5 cm³/mol. The highest BCUT2D eigenvalue weighted by atomic mass is 35.5. The van der Waals surface area contributed by atoms with Crippen molar-refractivity contribution in [3.05, 3.63) is 53.2 Å². The summed E-state index contributed by atoms with van der Waals surface area (Å²) in [6.45, 7) is -0.350. The normalized spacial score (nSPS) is 10.2. The molecule has 2 aromatic heterocycles. The van der Waals surface area contributed by atoms with Crippen LogP contribution in [-0.4, -0.2) is 37.7 Å². The number of pyridine rings is 1. The van der Waals surface area contributed by atoms with Crippen LogP contribution in [0.3, 0.4) is 0 Å². The molecule has 2 heterocycles. The van der Waals surface area contributed by atoms with Crippen molar-refractivity contribution in [1.82, 2.24) is 25.2 Å². The second kappa shape index (κ2) is 9.21. The highest BCUT2D eigenvalue weighted by Crippen LogP contribution is 2.24. The Bertz CT molecular complexity index is 922. The molecule has 142 valence electrons. The van der Waals surface area contributed by atoms with E-state index < -0.39 is 11.8 Å². The molecule has 0 atom stereocenters. The zero-order valence-electron chi connectivity index (χ0n) is 13.6. The Kier molecular flexibility index (Phi) is 6.99. The Hall–Kier alpha value is -2.82. The molecular weight excluding hydrogens is 402 g/mol. The lowest BCUT2D eigenvalue weighted by Gasteiger charge is -2.06. The van der Waals surface area contributed by atoms with Gasteiger partial charge in [-0.1, -0.05) is 11.6 Å². The largest absolute Gasteiger partial charge is 0.456 e. The number of halogens is 3. The molecule has 0 unspecified atom stereocenters. The van der Waals surface area contributed by atoms with Gasteiger partial charge in [0, 0.05) is 6.20 Å². The van der Waals surface area contributed by atoms with E-state index >= 15 is 0 Å². The predicted octanol–water partition coefficient (Wildman–Crippen LogP) is 2.07. The third-order valence-electron chi connectivity index (χ3n) is 3.04. The van der Waals surface area contributed by atoms with Crippen LogP contribution in [-0.2, 0) is 16.1 Å². The van der Waals surface area contributed by atoms with Gasteiger partial charge in [0.05, 0.1) is 17.3 Å². The van der Waals surface area contributed by atoms with E-state index in [9.17, 15) is 9.18 Å². The van der Waals surface area contributed by atoms with Gasteiger partial charge in [0.1, 0.15) is 5.75 Å². The van der Waals surface area contributed by atoms with Gasteiger partial charge in [-0.15, -0.1) is 27.4 Å². The maximum absolute atomic E-state index is 13.7. The molecule has 0 amide bonds. The third kappa shape index (κ3) is 5.33. The fraction of sp³-hybridized carbons (Fsp3) is 0.133. The van der Waals surface area contributed by atoms with Gasteiger partial charge in [-0.05, 0) is 35.5 Å². The third-order valence-corrected chi connectivity index (χ3v) is 3.25. The number of esters is 1. The van der Waals surface area contributed by atoms with Crippen LogP contribution < -0.4 is 10.5 Å². The van der Waals surface area contributed by atoms with Gasteiger partial charge in [0.15, 0.2) is 12.4 Å². The summed E-state index contributed by atoms with van der Waals surface area (Å²) in [5.41, 5.74) is 5.71. The summed E-state index contributed by atoms with van der Waals surface area (Å²) >= 11 is 5.64. The van der Waals surface area contributed by atoms with Crippen LogP contribution in [0.2, 0.25) is 5.02 Å². The zero-order chi connectivity index (χ0) is 18.5. The Morgan fingerprint density at radius 3 is 2.70 bits per heavy atom. The summed E-state index contributed by atoms with van der Waals surface area (Å²) in [6.07, 6.45) is 1.28. The average Bonchev–Trinajstić information content (AvgIpc) is 3.11. The zero-order valence-corrected chi connectivity index (χ0v) is 15.2. The first-order valence-electron chi connectivity index (χ1n) is 7.29. The molecule has 0 saturated heterocycles. The number of rotatable bonds is 6. The van der Waals surface area contributed by atoms with E-state index in [0.29, 0.717) is 11.4 Å². The van der Waals surface area contributed by atoms with Crippen molar-refractivity contribution < 1.29 is 18.7 Å². The number of nitrogens with zero attached hydrogens (tertiary/aromatic N) is 5. The molecule has 0 aliphatic rings. The lowest BCUT2D eigenvalue weighted by atomic mass is 10.3. The molecule has 0 bridgehead atoms. The fourth-order valence-electron chi connectivity index (χ4n) is 1.85. The summed E-state index contributed by atoms with van der Waals surface area (Å²) in [6, 6.07) is 7.56. The van der Waals surface area contributed by atoms with Gasteiger partial charge in [0.25, 0.3) is 5.88 Å². The standard InChI is InChI=1S/C15H12ClFN6O3.ClH/c16-9-5-12(17)15(19-7-9)26-11-3-1-10(2-4-11)23-21-13(20-22-23)8-25-14(24)6-18;/h1-5,7H,6,8,18H2;1H. The molecule has 0 radical (unpaired) electrons. The molecule has 2 N–H and O–H groups in total. The van der Waals surface area contributed by atoms with Gasteiger partial charge in [-0.2, -0.15) is 0 Å². The second-order valence-corrected chi connectivity index (χ2v) is 5.33. The SMILES string of the molecule is Cl.NCC(=O)OCc1nnn(-c2ccc(Oc3ncc(Cl)cc3F)cc2)n1. The minimum atomic E-state index is -0.670. The number of nitrogens with two attached hydrogens (primary N) is 1. The number of benzene rings is 1. The summed E-state index contributed by atoms with van der Waals surface area (Å²) in [7, 11) is 0. The number of carbonyl (C=O) groups excluding carboxylic acids is 1. The molecule has 3 aromatic rings. The van der Waals surface area contributed by atoms with Crippen LogP contribution in [0.25, 0.3) is 5.69 Å². The smallest absolute Gasteiger partial charge is 0.320 e. The quantitative estimate of drug-likeness (QED) is 0.608. The minimum absolute atomic E-state index is 0. The molecule has 0 fully saturated rings. The minimum Gasteiger partial charge on any atom is -0.456 e. The Balaban J connectivity index is 0.00000261. The van der Waals surface area contributed by atoms with E-state index in [0.717, 1.165) is 6.07 Å². The monoisotopic (exact) mass is 414 g/mol. The van der Waals surface area contributed by atoms with Gasteiger partial charge in [-0.3, -0.25) is 4.79 Å². The highest BCUT2D eigenvalue weighted by Gasteiger charge is 2.10. The Morgan fingerprint density at radius 1 is 1.30 bits per heavy atom. The van der Waals surface area contributed by atoms with Crippen molar-refractivity contribution in [3.63, 3.8) is 0 Å². The molecule has 0 aliphatic heterocycles. The van der Waals surface area contributed by atoms with Crippen LogP contribution in [0.15, 0.2) is 36.5 Å². The number of hydrogen-bond donors (Lipinski definition) is 1. The number of ether oxygens (including phenoxy) is 2. The second-order valence-electron chi connectivity index (χ2n) is 4.90. The number of hydrogen-bond acceptors (Lipinski definition) is 8. The summed E-state index contributed by atoms with van der Waals surface area (Å²) in [5.74, 6) is -0.841. The first-order valence-corrected chi connectivity index (χ1v) is 7.67. The molecule has 1 aromatic carbocycles. The Morgan fingerprint density at radius 2 is 2.04 bits per heavy atom. The number of tetrazole rings is 1. The van der Waals surface area contributed by atoms with Crippen LogP contribution in [0.5, 0.6) is 11.6 Å². The number of aromatic nitrogens is 5. The molecular formula is C15H13Cl2FN6O3. The van der Waals surface area contributed by atoms with E-state index in [1.54, 1.807) is 24.3 Å². The number of carbonyl (C=O) groups is 1. The fourth-order valence-corrected chi connectivity index (χ4v) is 2.00. The van der Waals surface area contributed by atoms with Crippen molar-refractivity contribution in [2.24, 2.45) is 5.73 Å². The van der Waals surface area contributed by atoms with Crippen molar-refractivity contribution in [2.45, 2.75) is 6.61 Å². The van der Waals surface area contributed by atoms with Crippen LogP contribution in [0.1, 0.15) is 5.82 Å². The van der Waals surface area contributed by atoms with Gasteiger partial charge in [0.2, 0.25) is 5.82 Å². The van der Waals surface area contributed by atoms with Crippen molar-refractivity contribution in [3.8, 4) is 17.3 Å². The van der Waals surface area contributed by atoms with Crippen molar-refractivity contribution in [2.75, 3.05) is 6.54 Å². The first-order chi connectivity index (χ1) is 12.5. The maximum Gasteiger partial charge on any atom is 0.320 e. The van der Waals surface area contributed by atoms with Gasteiger partial charge >= 0.3 is 5.97 Å². The molecule has 12 heteroatoms. The van der Waals surface area contributed by atoms with E-state index in [4.69, 9.17) is 26.8 Å². The van der Waals surface area contributed by atoms with E-state index in [1.807, 2.05) is 0 Å². The van der Waals surface area contributed by atoms with Crippen LogP contribution in [0.4, 0.5) is 4.39 Å². The van der Waals surface area contributed by atoms with Gasteiger partial charge < -0.3 is 15.2 Å². The summed E-state index contributed by atoms with van der Waals surface area (Å²) < 4.78 is 23.9. The van der Waals surface area contributed by atoms with E-state index in [1.165, 1.54) is 11.0 Å². The molecule has 3 rings (SSSR count). The van der Waals surface area contributed by atoms with Gasteiger partial charge in [-0.25, -0.2) is 9.37 Å². The van der Waals surface area contributed by atoms with E-state index in [2.05, 4.69) is 20.4 Å². The average molecular weight is 415 g/mol. The van der Waals surface area contributed by atoms with Crippen molar-refractivity contribution in [1.29, 1.82) is 0 Å². The van der Waals surface area contributed by atoms with Crippen molar-refractivity contribution >= 4 is 30.0 Å². The first kappa shape index (κ1) is 20.5. The topological polar surface area (TPSA) is 118 Å². The molecule has 0 aliphatic carbocycles. The Labute approximate surface area is 163 Å². The van der Waals surface area contributed by atoms with E-state index in [-0.39, 0.29) is 42.3 Å². The van der Waals surface area contributed by atoms with Crippen LogP contribution in [0, 0.1) is 5.82 Å². The molecule has 0 saturated carbocycles. The molecule has 0 spiro atoms. The van der Waals surface area contributed by atoms with Crippen LogP contribution >= 0.6 is 24.0 Å². The molecule has 9 nitrogen and oxygen atoms in total. The summed E-state index contributed by atoms with van der Waals surface area (Å²) in [5, 5.41) is 11.9. The maximum atomic E-state index is 13.7. The summed E-state index contributed by atoms with van der Waals surface area (Å²) in [4.78, 5) is 16.0. The lowest BCUT2D eigenvalue weighted by Crippen LogP contribution is -2.16.